The maximum atomic E-state index is 8.43. The maximum Gasteiger partial charge on any atom is 0.170 e. The second-order valence-electron chi connectivity index (χ2n) is 2.65. The number of rotatable bonds is 5. The largest absolute Gasteiger partial charge is 0.409 e. The minimum absolute atomic E-state index is 0.258. The summed E-state index contributed by atoms with van der Waals surface area (Å²) < 4.78 is 4.83. The molecule has 1 atom stereocenters. The van der Waals surface area contributed by atoms with E-state index in [0.717, 1.165) is 10.8 Å². The lowest BCUT2D eigenvalue weighted by molar-refractivity contribution is 0.316. The highest BCUT2D eigenvalue weighted by Gasteiger charge is 2.12. The number of hydrogen-bond acceptors (Lipinski definition) is 6. The molecule has 1 aromatic rings. The van der Waals surface area contributed by atoms with Crippen molar-refractivity contribution in [3.05, 3.63) is 6.33 Å². The first-order chi connectivity index (χ1) is 6.76. The first kappa shape index (κ1) is 11.3. The number of nitrogens with zero attached hydrogens (tertiary/aromatic N) is 3. The van der Waals surface area contributed by atoms with Gasteiger partial charge in [-0.25, -0.2) is 4.98 Å². The Morgan fingerprint density at radius 2 is 2.64 bits per heavy atom. The number of amidine groups is 1. The van der Waals surface area contributed by atoms with Gasteiger partial charge in [-0.15, -0.1) is 0 Å². The minimum Gasteiger partial charge on any atom is -0.409 e. The molecule has 0 aromatic carbocycles. The van der Waals surface area contributed by atoms with Gasteiger partial charge in [0.25, 0.3) is 0 Å². The third-order valence-electron chi connectivity index (χ3n) is 1.63. The fourth-order valence-electron chi connectivity index (χ4n) is 0.901. The van der Waals surface area contributed by atoms with Crippen molar-refractivity contribution >= 4 is 29.1 Å². The molecule has 1 rings (SSSR count). The van der Waals surface area contributed by atoms with Crippen molar-refractivity contribution in [3.8, 4) is 0 Å². The van der Waals surface area contributed by atoms with E-state index in [4.69, 9.17) is 10.9 Å². The average molecular weight is 232 g/mol. The van der Waals surface area contributed by atoms with Crippen LogP contribution in [0.1, 0.15) is 19.8 Å². The Bertz CT molecular complexity index is 288. The van der Waals surface area contributed by atoms with Crippen LogP contribution in [0.2, 0.25) is 0 Å². The molecule has 0 saturated heterocycles. The Hall–Kier alpha value is -0.820. The van der Waals surface area contributed by atoms with Crippen LogP contribution in [0.5, 0.6) is 0 Å². The van der Waals surface area contributed by atoms with Gasteiger partial charge in [0, 0.05) is 11.7 Å². The predicted molar refractivity (Wildman–Crippen MR) is 57.9 cm³/mol. The van der Waals surface area contributed by atoms with Gasteiger partial charge in [0.1, 0.15) is 12.2 Å². The highest BCUT2D eigenvalue weighted by Crippen LogP contribution is 2.27. The van der Waals surface area contributed by atoms with E-state index in [2.05, 4.69) is 21.4 Å². The van der Waals surface area contributed by atoms with E-state index in [0.29, 0.717) is 11.7 Å². The Morgan fingerprint density at radius 1 is 1.86 bits per heavy atom. The summed E-state index contributed by atoms with van der Waals surface area (Å²) in [6.45, 7) is 2.06. The van der Waals surface area contributed by atoms with Crippen LogP contribution in [0.4, 0.5) is 0 Å². The second-order valence-corrected chi connectivity index (χ2v) is 4.98. The standard InChI is InChI=1S/C7H12N4OS2/c1-2-5(3-6(8)11-12)13-7-9-4-10-14-7/h4-5,12H,2-3H2,1H3,(H2,8,11). The fourth-order valence-corrected chi connectivity index (χ4v) is 2.70. The van der Waals surface area contributed by atoms with E-state index in [1.54, 1.807) is 11.8 Å². The lowest BCUT2D eigenvalue weighted by Crippen LogP contribution is -2.18. The molecule has 0 saturated carbocycles. The zero-order chi connectivity index (χ0) is 10.4. The quantitative estimate of drug-likeness (QED) is 0.264. The summed E-state index contributed by atoms with van der Waals surface area (Å²) in [6.07, 6.45) is 3.04. The van der Waals surface area contributed by atoms with Gasteiger partial charge < -0.3 is 10.9 Å². The summed E-state index contributed by atoms with van der Waals surface area (Å²) in [7, 11) is 0. The lowest BCUT2D eigenvalue weighted by Gasteiger charge is -2.10. The molecule has 3 N–H and O–H groups in total. The molecule has 1 unspecified atom stereocenters. The molecule has 1 heterocycles. The molecule has 0 amide bonds. The summed E-state index contributed by atoms with van der Waals surface area (Å²) in [5.41, 5.74) is 5.43. The molecule has 0 aliphatic rings. The van der Waals surface area contributed by atoms with Gasteiger partial charge in [0.15, 0.2) is 4.34 Å². The Balaban J connectivity index is 2.47. The van der Waals surface area contributed by atoms with E-state index < -0.39 is 0 Å². The molecule has 0 aliphatic carbocycles. The molecular formula is C7H12N4OS2. The van der Waals surface area contributed by atoms with E-state index in [1.165, 1.54) is 17.9 Å². The van der Waals surface area contributed by atoms with Gasteiger partial charge in [-0.05, 0) is 18.0 Å². The number of thioether (sulfide) groups is 1. The fraction of sp³-hybridized carbons (Fsp3) is 0.571. The van der Waals surface area contributed by atoms with Gasteiger partial charge in [-0.1, -0.05) is 23.8 Å². The summed E-state index contributed by atoms with van der Waals surface area (Å²) in [6, 6.07) is 0. The highest BCUT2D eigenvalue weighted by molar-refractivity contribution is 8.01. The smallest absolute Gasteiger partial charge is 0.170 e. The van der Waals surface area contributed by atoms with Gasteiger partial charge >= 0.3 is 0 Å². The Labute approximate surface area is 90.6 Å². The van der Waals surface area contributed by atoms with Crippen LogP contribution >= 0.6 is 23.3 Å². The van der Waals surface area contributed by atoms with Crippen LogP contribution in [0.3, 0.4) is 0 Å². The zero-order valence-electron chi connectivity index (χ0n) is 7.75. The van der Waals surface area contributed by atoms with Crippen LogP contribution in [-0.2, 0) is 0 Å². The van der Waals surface area contributed by atoms with Crippen molar-refractivity contribution in [1.29, 1.82) is 0 Å². The third kappa shape index (κ3) is 3.51. The molecule has 0 bridgehead atoms. The molecule has 78 valence electrons. The molecule has 0 fully saturated rings. The van der Waals surface area contributed by atoms with Crippen molar-refractivity contribution < 1.29 is 5.21 Å². The molecule has 14 heavy (non-hydrogen) atoms. The first-order valence-electron chi connectivity index (χ1n) is 4.16. The van der Waals surface area contributed by atoms with Crippen molar-refractivity contribution in [1.82, 2.24) is 9.36 Å². The average Bonchev–Trinajstić information content (AvgIpc) is 2.69. The lowest BCUT2D eigenvalue weighted by atomic mass is 10.2. The summed E-state index contributed by atoms with van der Waals surface area (Å²) in [5.74, 6) is 0.258. The predicted octanol–water partition coefficient (Wildman–Crippen LogP) is 1.55. The molecular weight excluding hydrogens is 220 g/mol. The molecule has 1 aromatic heterocycles. The molecule has 5 nitrogen and oxygen atoms in total. The maximum absolute atomic E-state index is 8.43. The van der Waals surface area contributed by atoms with Crippen LogP contribution < -0.4 is 5.73 Å². The van der Waals surface area contributed by atoms with Crippen molar-refractivity contribution in [2.24, 2.45) is 10.9 Å². The molecule has 0 aliphatic heterocycles. The van der Waals surface area contributed by atoms with Crippen LogP contribution in [0.15, 0.2) is 15.8 Å². The molecule has 7 heteroatoms. The normalized spacial score (nSPS) is 14.2. The van der Waals surface area contributed by atoms with E-state index in [9.17, 15) is 0 Å². The Kier molecular flexibility index (Phi) is 4.68. The van der Waals surface area contributed by atoms with Gasteiger partial charge in [-0.3, -0.25) is 0 Å². The summed E-state index contributed by atoms with van der Waals surface area (Å²) >= 11 is 2.97. The van der Waals surface area contributed by atoms with Crippen molar-refractivity contribution in [2.45, 2.75) is 29.4 Å². The molecule has 0 spiro atoms. The third-order valence-corrected chi connectivity index (χ3v) is 3.74. The number of oxime groups is 1. The van der Waals surface area contributed by atoms with E-state index in [-0.39, 0.29) is 5.84 Å². The summed E-state index contributed by atoms with van der Waals surface area (Å²) in [4.78, 5) is 4.06. The van der Waals surface area contributed by atoms with Crippen molar-refractivity contribution in [2.75, 3.05) is 0 Å². The van der Waals surface area contributed by atoms with Crippen LogP contribution in [0.25, 0.3) is 0 Å². The SMILES string of the molecule is CCC(CC(N)=NO)Sc1ncns1. The number of nitrogens with two attached hydrogens (primary N) is 1. The minimum atomic E-state index is 0.258. The molecule has 0 radical (unpaired) electrons. The summed E-state index contributed by atoms with van der Waals surface area (Å²) in [5, 5.41) is 11.7. The first-order valence-corrected chi connectivity index (χ1v) is 5.81. The second kappa shape index (κ2) is 5.82. The van der Waals surface area contributed by atoms with E-state index in [1.807, 2.05) is 0 Å². The number of hydrogen-bond donors (Lipinski definition) is 2. The van der Waals surface area contributed by atoms with Crippen LogP contribution in [-0.4, -0.2) is 25.7 Å². The van der Waals surface area contributed by atoms with Crippen LogP contribution in [0, 0.1) is 0 Å². The van der Waals surface area contributed by atoms with E-state index >= 15 is 0 Å². The monoisotopic (exact) mass is 232 g/mol. The van der Waals surface area contributed by atoms with Crippen molar-refractivity contribution in [3.63, 3.8) is 0 Å². The zero-order valence-corrected chi connectivity index (χ0v) is 9.38. The van der Waals surface area contributed by atoms with Gasteiger partial charge in [0.05, 0.1) is 0 Å². The Morgan fingerprint density at radius 3 is 3.14 bits per heavy atom. The topological polar surface area (TPSA) is 84.4 Å². The number of aromatic nitrogens is 2. The van der Waals surface area contributed by atoms with Gasteiger partial charge in [-0.2, -0.15) is 4.37 Å². The van der Waals surface area contributed by atoms with Gasteiger partial charge in [0.2, 0.25) is 0 Å². The highest BCUT2D eigenvalue weighted by atomic mass is 32.2.